The maximum Gasteiger partial charge on any atom is 0.293 e. The molecule has 62 heavy (non-hydrogen) atoms. The summed E-state index contributed by atoms with van der Waals surface area (Å²) in [4.78, 5) is 59.5. The van der Waals surface area contributed by atoms with Crippen molar-refractivity contribution in [1.29, 1.82) is 0 Å². The molecular formula is C48H65N7O7. The van der Waals surface area contributed by atoms with Crippen molar-refractivity contribution in [3.05, 3.63) is 71.5 Å². The van der Waals surface area contributed by atoms with Gasteiger partial charge in [-0.15, -0.1) is 0 Å². The summed E-state index contributed by atoms with van der Waals surface area (Å²) in [5.41, 5.74) is 9.95. The molecule has 14 nitrogen and oxygen atoms in total. The Bertz CT molecular complexity index is 2250. The van der Waals surface area contributed by atoms with E-state index in [4.69, 9.17) is 14.5 Å². The van der Waals surface area contributed by atoms with Crippen LogP contribution in [0.4, 0.5) is 0 Å². The number of nitrogens with zero attached hydrogens (tertiary/aromatic N) is 4. The number of methoxy groups -OCH3 is 1. The lowest BCUT2D eigenvalue weighted by Gasteiger charge is -2.37. The monoisotopic (exact) mass is 851 g/mol. The lowest BCUT2D eigenvalue weighted by molar-refractivity contribution is -0.147. The first-order valence-corrected chi connectivity index (χ1v) is 21.9. The molecule has 6 rings (SSSR count). The summed E-state index contributed by atoms with van der Waals surface area (Å²) in [5.74, 6) is -1.17. The number of likely N-dealkylation sites (N-methyl/N-ethyl adjacent to an activating group) is 1. The van der Waals surface area contributed by atoms with Crippen LogP contribution in [0.15, 0.2) is 54.7 Å². The molecule has 334 valence electrons. The van der Waals surface area contributed by atoms with Gasteiger partial charge in [0.05, 0.1) is 30.0 Å². The van der Waals surface area contributed by atoms with Gasteiger partial charge in [0.1, 0.15) is 17.8 Å². The fraction of sp³-hybridized carbons (Fsp3) is 0.521. The number of aromatic hydroxyl groups is 1. The van der Waals surface area contributed by atoms with E-state index < -0.39 is 23.4 Å². The molecule has 0 radical (unpaired) electrons. The summed E-state index contributed by atoms with van der Waals surface area (Å²) >= 11 is 0. The number of phenolic OH excluding ortho intramolecular Hbond substituents is 1. The maximum absolute atomic E-state index is 14.4. The van der Waals surface area contributed by atoms with Crippen LogP contribution in [0, 0.1) is 17.3 Å². The van der Waals surface area contributed by atoms with E-state index in [0.717, 1.165) is 57.4 Å². The van der Waals surface area contributed by atoms with E-state index in [0.29, 0.717) is 44.6 Å². The molecule has 4 aromatic rings. The SMILES string of the molecule is CCn1c(-c2cccnc2C(C)OC)c(CC(C)(C)COC=O)c2cc(-c3cc(O)cc(CC(NC(=O)C(C(C)C)N(C)C(=O)C4CNC4)C(=O)N4CCC[C@@H](C)N4)c3)ccc21. The Balaban J connectivity index is 1.42. The van der Waals surface area contributed by atoms with Gasteiger partial charge in [0.25, 0.3) is 12.4 Å². The van der Waals surface area contributed by atoms with Crippen LogP contribution in [0.2, 0.25) is 0 Å². The highest BCUT2D eigenvalue weighted by molar-refractivity contribution is 5.96. The van der Waals surface area contributed by atoms with Crippen molar-refractivity contribution in [2.75, 3.05) is 40.4 Å². The minimum Gasteiger partial charge on any atom is -0.508 e. The van der Waals surface area contributed by atoms with E-state index in [1.165, 1.54) is 4.90 Å². The van der Waals surface area contributed by atoms with Crippen molar-refractivity contribution in [3.63, 3.8) is 0 Å². The number of carbonyl (C=O) groups is 4. The molecule has 2 fully saturated rings. The predicted molar refractivity (Wildman–Crippen MR) is 240 cm³/mol. The smallest absolute Gasteiger partial charge is 0.293 e. The first kappa shape index (κ1) is 46.2. The summed E-state index contributed by atoms with van der Waals surface area (Å²) in [6, 6.07) is 13.9. The van der Waals surface area contributed by atoms with Gasteiger partial charge in [0.2, 0.25) is 11.8 Å². The maximum atomic E-state index is 14.4. The average molecular weight is 852 g/mol. The second-order valence-corrected chi connectivity index (χ2v) is 18.2. The molecule has 4 N–H and O–H groups in total. The third-order valence-corrected chi connectivity index (χ3v) is 12.3. The highest BCUT2D eigenvalue weighted by Gasteiger charge is 2.38. The summed E-state index contributed by atoms with van der Waals surface area (Å²) in [5, 5.41) is 20.1. The number of amides is 3. The van der Waals surface area contributed by atoms with Gasteiger partial charge in [-0.1, -0.05) is 39.8 Å². The molecule has 0 spiro atoms. The number of hydrogen-bond acceptors (Lipinski definition) is 10. The molecule has 3 amide bonds. The number of nitrogens with one attached hydrogen (secondary N) is 3. The Labute approximate surface area is 365 Å². The standard InChI is InChI=1S/C48H65N7O7/c1-10-54-41-16-15-33(23-38(41)39(24-48(6,7)27-62-28-56)44(54)37-14-11-17-50-42(37)31(5)61-9)34-19-32(20-36(57)22-34)21-40(47(60)55-18-12-13-30(4)52-55)51-45(58)43(29(2)3)53(8)46(59)35-25-49-26-35/h11,14-17,19-20,22-23,28-31,35,40,43,49,52,57H,10,12-13,18,21,24-27H2,1-9H3,(H,51,58)/t30-,31?,40?,43?/m1/s1. The van der Waals surface area contributed by atoms with E-state index in [2.05, 4.69) is 59.6 Å². The van der Waals surface area contributed by atoms with Gasteiger partial charge in [-0.2, -0.15) is 0 Å². The largest absolute Gasteiger partial charge is 0.508 e. The van der Waals surface area contributed by atoms with Crippen molar-refractivity contribution in [2.24, 2.45) is 17.3 Å². The van der Waals surface area contributed by atoms with E-state index in [-0.39, 0.29) is 54.6 Å². The number of fused-ring (bicyclic) bond motifs is 1. The van der Waals surface area contributed by atoms with Crippen LogP contribution in [-0.4, -0.2) is 107 Å². The van der Waals surface area contributed by atoms with Crippen molar-refractivity contribution < 1.29 is 33.8 Å². The minimum atomic E-state index is -0.987. The normalized spacial score (nSPS) is 17.3. The Morgan fingerprint density at radius 2 is 1.85 bits per heavy atom. The van der Waals surface area contributed by atoms with Crippen LogP contribution in [0.3, 0.4) is 0 Å². The topological polar surface area (TPSA) is 167 Å². The number of aromatic nitrogens is 2. The van der Waals surface area contributed by atoms with Crippen molar-refractivity contribution in [2.45, 2.75) is 105 Å². The number of ether oxygens (including phenoxy) is 2. The molecule has 2 aromatic heterocycles. The second-order valence-electron chi connectivity index (χ2n) is 18.2. The van der Waals surface area contributed by atoms with Gasteiger partial charge in [-0.25, -0.2) is 5.43 Å². The van der Waals surface area contributed by atoms with Gasteiger partial charge in [0, 0.05) is 80.9 Å². The number of phenols is 1. The quantitative estimate of drug-likeness (QED) is 0.0901. The zero-order chi connectivity index (χ0) is 44.9. The molecule has 4 heterocycles. The number of carbonyl (C=O) groups excluding carboxylic acids is 4. The number of benzene rings is 2. The van der Waals surface area contributed by atoms with E-state index >= 15 is 0 Å². The van der Waals surface area contributed by atoms with E-state index in [9.17, 15) is 24.3 Å². The summed E-state index contributed by atoms with van der Waals surface area (Å²) < 4.78 is 13.4. The first-order valence-electron chi connectivity index (χ1n) is 21.9. The van der Waals surface area contributed by atoms with E-state index in [1.54, 1.807) is 37.5 Å². The molecular weight excluding hydrogens is 787 g/mol. The van der Waals surface area contributed by atoms with Gasteiger partial charge in [-0.3, -0.25) is 29.2 Å². The first-order chi connectivity index (χ1) is 29.6. The molecule has 4 atom stereocenters. The molecule has 14 heteroatoms. The number of aryl methyl sites for hydroxylation is 1. The summed E-state index contributed by atoms with van der Waals surface area (Å²) in [6.07, 6.45) is 3.92. The Morgan fingerprint density at radius 3 is 2.50 bits per heavy atom. The zero-order valence-electron chi connectivity index (χ0n) is 37.8. The lowest BCUT2D eigenvalue weighted by atomic mass is 9.84. The van der Waals surface area contributed by atoms with Crippen LogP contribution >= 0.6 is 0 Å². The van der Waals surface area contributed by atoms with Gasteiger partial charge >= 0.3 is 0 Å². The van der Waals surface area contributed by atoms with Crippen molar-refractivity contribution >= 4 is 35.1 Å². The number of hydrazine groups is 1. The third-order valence-electron chi connectivity index (χ3n) is 12.3. The lowest BCUT2D eigenvalue weighted by Crippen LogP contribution is -2.61. The number of pyridine rings is 1. The predicted octanol–water partition coefficient (Wildman–Crippen LogP) is 5.79. The fourth-order valence-electron chi connectivity index (χ4n) is 9.04. The zero-order valence-corrected chi connectivity index (χ0v) is 37.8. The third kappa shape index (κ3) is 10.1. The number of hydrogen-bond donors (Lipinski definition) is 4. The van der Waals surface area contributed by atoms with Crippen LogP contribution in [0.25, 0.3) is 33.3 Å². The van der Waals surface area contributed by atoms with Gasteiger partial charge in [-0.05, 0) is 105 Å². The highest BCUT2D eigenvalue weighted by Crippen LogP contribution is 2.42. The van der Waals surface area contributed by atoms with Crippen LogP contribution in [0.5, 0.6) is 5.75 Å². The molecule has 3 unspecified atom stereocenters. The highest BCUT2D eigenvalue weighted by atomic mass is 16.5. The summed E-state index contributed by atoms with van der Waals surface area (Å²) in [6.45, 7) is 17.1. The Kier molecular flexibility index (Phi) is 14.8. The molecule has 2 aliphatic heterocycles. The van der Waals surface area contributed by atoms with Crippen LogP contribution < -0.4 is 16.1 Å². The van der Waals surface area contributed by atoms with Crippen molar-refractivity contribution in [3.8, 4) is 28.1 Å². The Morgan fingerprint density at radius 1 is 1.10 bits per heavy atom. The average Bonchev–Trinajstić information content (AvgIpc) is 3.52. The van der Waals surface area contributed by atoms with Gasteiger partial charge < -0.3 is 34.7 Å². The van der Waals surface area contributed by atoms with Crippen LogP contribution in [-0.2, 0) is 48.0 Å². The van der Waals surface area contributed by atoms with Crippen LogP contribution in [0.1, 0.15) is 84.2 Å². The molecule has 2 saturated heterocycles. The number of rotatable bonds is 18. The second kappa shape index (κ2) is 19.8. The molecule has 2 aromatic carbocycles. The van der Waals surface area contributed by atoms with Gasteiger partial charge in [0.15, 0.2) is 0 Å². The molecule has 0 bridgehead atoms. The van der Waals surface area contributed by atoms with Crippen molar-refractivity contribution in [1.82, 2.24) is 35.5 Å². The molecule has 0 aliphatic carbocycles. The molecule has 0 saturated carbocycles. The Hall–Kier alpha value is -5.31. The minimum absolute atomic E-state index is 0.0204. The summed E-state index contributed by atoms with van der Waals surface area (Å²) in [7, 11) is 3.33. The van der Waals surface area contributed by atoms with E-state index in [1.807, 2.05) is 45.9 Å². The molecule has 2 aliphatic rings. The fourth-order valence-corrected chi connectivity index (χ4v) is 9.04.